The van der Waals surface area contributed by atoms with Crippen molar-refractivity contribution in [2.24, 2.45) is 5.73 Å². The quantitative estimate of drug-likeness (QED) is 0.786. The Bertz CT molecular complexity index is 607. The highest BCUT2D eigenvalue weighted by Crippen LogP contribution is 2.29. The first kappa shape index (κ1) is 14.5. The van der Waals surface area contributed by atoms with Crippen LogP contribution in [0.3, 0.4) is 0 Å². The van der Waals surface area contributed by atoms with Gasteiger partial charge in [-0.3, -0.25) is 0 Å². The number of hydrogen-bond acceptors (Lipinski definition) is 3. The molecule has 0 aliphatic heterocycles. The van der Waals surface area contributed by atoms with Crippen molar-refractivity contribution in [3.63, 3.8) is 0 Å². The number of halogens is 1. The van der Waals surface area contributed by atoms with Crippen LogP contribution in [0.2, 0.25) is 0 Å². The van der Waals surface area contributed by atoms with Crippen LogP contribution in [0.25, 0.3) is 0 Å². The van der Waals surface area contributed by atoms with Crippen LogP contribution in [-0.2, 0) is 0 Å². The Balaban J connectivity index is 2.27. The summed E-state index contributed by atoms with van der Waals surface area (Å²) in [6.07, 6.45) is 0. The maximum Gasteiger partial charge on any atom is 0.106 e. The maximum absolute atomic E-state index is 5.76. The minimum atomic E-state index is 0.223. The van der Waals surface area contributed by atoms with Crippen molar-refractivity contribution in [2.45, 2.75) is 19.9 Å². The molecule has 0 aliphatic rings. The van der Waals surface area contributed by atoms with Gasteiger partial charge in [-0.2, -0.15) is 0 Å². The Morgan fingerprint density at radius 2 is 2.11 bits per heavy atom. The van der Waals surface area contributed by atoms with Crippen LogP contribution >= 0.6 is 39.5 Å². The third-order valence-corrected chi connectivity index (χ3v) is 4.70. The molecule has 1 aromatic heterocycles. The van der Waals surface area contributed by atoms with Gasteiger partial charge in [-0.15, -0.1) is 11.3 Å². The molecular weight excluding hydrogens is 340 g/mol. The molecule has 5 heteroatoms. The number of hydrogen-bond donors (Lipinski definition) is 2. The maximum atomic E-state index is 5.76. The third kappa shape index (κ3) is 3.55. The van der Waals surface area contributed by atoms with Crippen molar-refractivity contribution in [3.05, 3.63) is 50.1 Å². The molecule has 0 aliphatic carbocycles. The second-order valence-corrected chi connectivity index (χ2v) is 7.04. The van der Waals surface area contributed by atoms with Gasteiger partial charge >= 0.3 is 0 Å². The summed E-state index contributed by atoms with van der Waals surface area (Å²) in [5, 5.41) is 3.48. The number of benzene rings is 1. The molecule has 100 valence electrons. The fraction of sp³-hybridized carbons (Fsp3) is 0.214. The number of anilines is 1. The summed E-state index contributed by atoms with van der Waals surface area (Å²) in [7, 11) is 0. The van der Waals surface area contributed by atoms with Crippen molar-refractivity contribution < 1.29 is 0 Å². The van der Waals surface area contributed by atoms with Gasteiger partial charge in [-0.1, -0.05) is 28.1 Å². The van der Waals surface area contributed by atoms with Crippen molar-refractivity contribution >= 4 is 50.2 Å². The molecule has 1 heterocycles. The topological polar surface area (TPSA) is 38.0 Å². The largest absolute Gasteiger partial charge is 0.389 e. The van der Waals surface area contributed by atoms with Gasteiger partial charge in [-0.05, 0) is 44.2 Å². The van der Waals surface area contributed by atoms with Gasteiger partial charge in [0, 0.05) is 25.5 Å². The molecule has 0 saturated heterocycles. The lowest BCUT2D eigenvalue weighted by Crippen LogP contribution is -2.14. The Labute approximate surface area is 131 Å². The molecule has 3 N–H and O–H groups in total. The molecule has 19 heavy (non-hydrogen) atoms. The Morgan fingerprint density at radius 1 is 1.37 bits per heavy atom. The standard InChI is InChI=1S/C14H15BrN2S2/c1-8-3-6-13(19-8)9(2)17-12-7-10(15)4-5-11(12)14(16)18/h3-7,9,17H,1-2H3,(H2,16,18). The van der Waals surface area contributed by atoms with Crippen molar-refractivity contribution in [3.8, 4) is 0 Å². The summed E-state index contributed by atoms with van der Waals surface area (Å²) >= 11 is 10.4. The van der Waals surface area contributed by atoms with E-state index in [2.05, 4.69) is 47.2 Å². The molecule has 1 aromatic carbocycles. The third-order valence-electron chi connectivity index (χ3n) is 2.81. The van der Waals surface area contributed by atoms with Crippen LogP contribution in [0.4, 0.5) is 5.69 Å². The smallest absolute Gasteiger partial charge is 0.106 e. The molecule has 0 fully saturated rings. The minimum absolute atomic E-state index is 0.223. The van der Waals surface area contributed by atoms with E-state index in [0.29, 0.717) is 4.99 Å². The van der Waals surface area contributed by atoms with Crippen LogP contribution in [0.5, 0.6) is 0 Å². The molecule has 0 bridgehead atoms. The highest BCUT2D eigenvalue weighted by molar-refractivity contribution is 9.10. The van der Waals surface area contributed by atoms with E-state index in [4.69, 9.17) is 18.0 Å². The van der Waals surface area contributed by atoms with Crippen molar-refractivity contribution in [1.82, 2.24) is 0 Å². The lowest BCUT2D eigenvalue weighted by Gasteiger charge is -2.17. The predicted octanol–water partition coefficient (Wildman–Crippen LogP) is 4.63. The Hall–Kier alpha value is -0.910. The van der Waals surface area contributed by atoms with E-state index < -0.39 is 0 Å². The highest BCUT2D eigenvalue weighted by Gasteiger charge is 2.11. The van der Waals surface area contributed by atoms with Crippen LogP contribution in [-0.4, -0.2) is 4.99 Å². The van der Waals surface area contributed by atoms with Gasteiger partial charge in [0.15, 0.2) is 0 Å². The van der Waals surface area contributed by atoms with Gasteiger partial charge in [-0.25, -0.2) is 0 Å². The first-order valence-corrected chi connectivity index (χ1v) is 7.91. The molecule has 0 radical (unpaired) electrons. The monoisotopic (exact) mass is 354 g/mol. The van der Waals surface area contributed by atoms with Crippen molar-refractivity contribution in [2.75, 3.05) is 5.32 Å². The lowest BCUT2D eigenvalue weighted by molar-refractivity contribution is 0.907. The van der Waals surface area contributed by atoms with Gasteiger partial charge in [0.05, 0.1) is 6.04 Å². The van der Waals surface area contributed by atoms with Gasteiger partial charge < -0.3 is 11.1 Å². The van der Waals surface area contributed by atoms with Crippen LogP contribution in [0, 0.1) is 6.92 Å². The molecule has 1 unspecified atom stereocenters. The second-order valence-electron chi connectivity index (χ2n) is 4.37. The summed E-state index contributed by atoms with van der Waals surface area (Å²) in [5.74, 6) is 0. The summed E-state index contributed by atoms with van der Waals surface area (Å²) in [5.41, 5.74) is 7.59. The van der Waals surface area contributed by atoms with E-state index in [-0.39, 0.29) is 6.04 Å². The molecule has 2 nitrogen and oxygen atoms in total. The summed E-state index contributed by atoms with van der Waals surface area (Å²) in [6, 6.07) is 10.4. The number of nitrogens with two attached hydrogens (primary N) is 1. The van der Waals surface area contributed by atoms with Gasteiger partial charge in [0.1, 0.15) is 4.99 Å². The fourth-order valence-corrected chi connectivity index (χ4v) is 3.26. The summed E-state index contributed by atoms with van der Waals surface area (Å²) < 4.78 is 1.00. The van der Waals surface area contributed by atoms with E-state index in [0.717, 1.165) is 15.7 Å². The van der Waals surface area contributed by atoms with Crippen LogP contribution in [0.1, 0.15) is 28.3 Å². The number of aryl methyl sites for hydroxylation is 1. The Kier molecular flexibility index (Phi) is 4.60. The average molecular weight is 355 g/mol. The van der Waals surface area contributed by atoms with Crippen LogP contribution < -0.4 is 11.1 Å². The average Bonchev–Trinajstić information content (AvgIpc) is 2.75. The second kappa shape index (κ2) is 6.03. The number of thiocarbonyl (C=S) groups is 1. The lowest BCUT2D eigenvalue weighted by atomic mass is 10.1. The molecule has 2 aromatic rings. The van der Waals surface area contributed by atoms with E-state index in [1.807, 2.05) is 18.2 Å². The Morgan fingerprint density at radius 3 is 2.68 bits per heavy atom. The van der Waals surface area contributed by atoms with E-state index >= 15 is 0 Å². The van der Waals surface area contributed by atoms with Gasteiger partial charge in [0.25, 0.3) is 0 Å². The first-order valence-electron chi connectivity index (χ1n) is 5.89. The molecular formula is C14H15BrN2S2. The van der Waals surface area contributed by atoms with E-state index in [9.17, 15) is 0 Å². The zero-order valence-corrected chi connectivity index (χ0v) is 14.0. The molecule has 1 atom stereocenters. The first-order chi connectivity index (χ1) is 8.97. The molecule has 0 amide bonds. The zero-order valence-electron chi connectivity index (χ0n) is 10.7. The van der Waals surface area contributed by atoms with Gasteiger partial charge in [0.2, 0.25) is 0 Å². The van der Waals surface area contributed by atoms with Crippen LogP contribution in [0.15, 0.2) is 34.8 Å². The van der Waals surface area contributed by atoms with E-state index in [1.54, 1.807) is 11.3 Å². The summed E-state index contributed by atoms with van der Waals surface area (Å²) in [4.78, 5) is 3.02. The molecule has 0 spiro atoms. The number of nitrogens with one attached hydrogen (secondary N) is 1. The number of thiophene rings is 1. The summed E-state index contributed by atoms with van der Waals surface area (Å²) in [6.45, 7) is 4.25. The minimum Gasteiger partial charge on any atom is -0.389 e. The predicted molar refractivity (Wildman–Crippen MR) is 91.1 cm³/mol. The SMILES string of the molecule is Cc1ccc(C(C)Nc2cc(Br)ccc2C(N)=S)s1. The van der Waals surface area contributed by atoms with Crippen molar-refractivity contribution in [1.29, 1.82) is 0 Å². The highest BCUT2D eigenvalue weighted by atomic mass is 79.9. The fourth-order valence-electron chi connectivity index (χ4n) is 1.84. The van der Waals surface area contributed by atoms with E-state index in [1.165, 1.54) is 9.75 Å². The number of rotatable bonds is 4. The normalized spacial score (nSPS) is 12.2. The molecule has 0 saturated carbocycles. The zero-order chi connectivity index (χ0) is 14.0. The molecule has 2 rings (SSSR count).